The lowest BCUT2D eigenvalue weighted by molar-refractivity contribution is 0.206. The molecule has 20 heavy (non-hydrogen) atoms. The van der Waals surface area contributed by atoms with E-state index in [0.717, 1.165) is 44.5 Å². The van der Waals surface area contributed by atoms with Crippen molar-refractivity contribution in [2.24, 2.45) is 11.7 Å². The standard InChI is InChI=1S/C15H21F3N2/c1-10-3-2-5-20(6-4-10)14(9-19)11-7-12(16)15(18)13(17)8-11/h7-8,10,14H,2-6,9,19H2,1H3. The normalized spacial score (nSPS) is 22.6. The SMILES string of the molecule is CC1CCCN(C(CN)c2cc(F)c(F)c(F)c2)CC1. The van der Waals surface area contributed by atoms with Crippen molar-refractivity contribution < 1.29 is 13.2 Å². The molecule has 0 saturated carbocycles. The van der Waals surface area contributed by atoms with E-state index in [0.29, 0.717) is 11.5 Å². The van der Waals surface area contributed by atoms with Crippen molar-refractivity contribution in [3.8, 4) is 0 Å². The largest absolute Gasteiger partial charge is 0.329 e. The molecule has 1 saturated heterocycles. The first-order valence-corrected chi connectivity index (χ1v) is 7.11. The van der Waals surface area contributed by atoms with Crippen molar-refractivity contribution in [1.29, 1.82) is 0 Å². The third kappa shape index (κ3) is 3.33. The first-order valence-electron chi connectivity index (χ1n) is 7.11. The van der Waals surface area contributed by atoms with E-state index in [2.05, 4.69) is 11.8 Å². The zero-order valence-electron chi connectivity index (χ0n) is 11.7. The van der Waals surface area contributed by atoms with Crippen LogP contribution in [0, 0.1) is 23.4 Å². The zero-order chi connectivity index (χ0) is 14.7. The fourth-order valence-electron chi connectivity index (χ4n) is 2.86. The first kappa shape index (κ1) is 15.3. The highest BCUT2D eigenvalue weighted by molar-refractivity contribution is 5.23. The summed E-state index contributed by atoms with van der Waals surface area (Å²) < 4.78 is 39.8. The maximum absolute atomic E-state index is 13.4. The molecule has 2 unspecified atom stereocenters. The summed E-state index contributed by atoms with van der Waals surface area (Å²) in [6.07, 6.45) is 3.24. The molecule has 0 bridgehead atoms. The molecule has 2 nitrogen and oxygen atoms in total. The van der Waals surface area contributed by atoms with Crippen LogP contribution in [0.1, 0.15) is 37.8 Å². The molecule has 0 radical (unpaired) electrons. The smallest absolute Gasteiger partial charge is 0.194 e. The van der Waals surface area contributed by atoms with E-state index >= 15 is 0 Å². The van der Waals surface area contributed by atoms with Gasteiger partial charge in [0.2, 0.25) is 0 Å². The number of nitrogens with zero attached hydrogens (tertiary/aromatic N) is 1. The van der Waals surface area contributed by atoms with Gasteiger partial charge in [-0.15, -0.1) is 0 Å². The van der Waals surface area contributed by atoms with Gasteiger partial charge in [-0.1, -0.05) is 6.92 Å². The molecule has 1 heterocycles. The van der Waals surface area contributed by atoms with Crippen LogP contribution in [-0.4, -0.2) is 24.5 Å². The van der Waals surface area contributed by atoms with Crippen molar-refractivity contribution in [2.45, 2.75) is 32.2 Å². The average molecular weight is 286 g/mol. The van der Waals surface area contributed by atoms with Gasteiger partial charge in [-0.2, -0.15) is 0 Å². The van der Waals surface area contributed by atoms with Gasteiger partial charge in [0.25, 0.3) is 0 Å². The molecule has 1 aromatic rings. The van der Waals surface area contributed by atoms with Gasteiger partial charge in [0, 0.05) is 12.6 Å². The molecule has 2 N–H and O–H groups in total. The third-order valence-electron chi connectivity index (χ3n) is 4.11. The van der Waals surface area contributed by atoms with Crippen molar-refractivity contribution in [3.63, 3.8) is 0 Å². The number of hydrogen-bond donors (Lipinski definition) is 1. The Morgan fingerprint density at radius 3 is 2.45 bits per heavy atom. The van der Waals surface area contributed by atoms with Crippen LogP contribution in [-0.2, 0) is 0 Å². The summed E-state index contributed by atoms with van der Waals surface area (Å²) in [5.41, 5.74) is 6.19. The number of likely N-dealkylation sites (tertiary alicyclic amines) is 1. The number of hydrogen-bond acceptors (Lipinski definition) is 2. The molecule has 0 spiro atoms. The van der Waals surface area contributed by atoms with E-state index in [1.807, 2.05) is 0 Å². The lowest BCUT2D eigenvalue weighted by Gasteiger charge is -2.30. The maximum atomic E-state index is 13.4. The third-order valence-corrected chi connectivity index (χ3v) is 4.11. The Bertz CT molecular complexity index is 441. The molecule has 112 valence electrons. The molecule has 1 aromatic carbocycles. The highest BCUT2D eigenvalue weighted by atomic mass is 19.2. The van der Waals surface area contributed by atoms with E-state index in [4.69, 9.17) is 5.73 Å². The van der Waals surface area contributed by atoms with E-state index < -0.39 is 17.5 Å². The van der Waals surface area contributed by atoms with Gasteiger partial charge < -0.3 is 5.73 Å². The Balaban J connectivity index is 2.23. The second kappa shape index (κ2) is 6.59. The number of nitrogens with two attached hydrogens (primary N) is 1. The molecule has 2 rings (SSSR count). The van der Waals surface area contributed by atoms with E-state index in [9.17, 15) is 13.2 Å². The maximum Gasteiger partial charge on any atom is 0.194 e. The zero-order valence-corrected chi connectivity index (χ0v) is 11.7. The first-order chi connectivity index (χ1) is 9.52. The summed E-state index contributed by atoms with van der Waals surface area (Å²) in [5.74, 6) is -3.07. The van der Waals surface area contributed by atoms with Crippen LogP contribution >= 0.6 is 0 Å². The monoisotopic (exact) mass is 286 g/mol. The number of benzene rings is 1. The van der Waals surface area contributed by atoms with Gasteiger partial charge in [-0.3, -0.25) is 4.90 Å². The van der Waals surface area contributed by atoms with Crippen LogP contribution in [0.15, 0.2) is 12.1 Å². The van der Waals surface area contributed by atoms with Crippen molar-refractivity contribution in [2.75, 3.05) is 19.6 Å². The van der Waals surface area contributed by atoms with Crippen LogP contribution in [0.4, 0.5) is 13.2 Å². The van der Waals surface area contributed by atoms with Gasteiger partial charge in [0.15, 0.2) is 17.5 Å². The van der Waals surface area contributed by atoms with Crippen LogP contribution in [0.25, 0.3) is 0 Å². The molecule has 5 heteroatoms. The van der Waals surface area contributed by atoms with Crippen molar-refractivity contribution in [1.82, 2.24) is 4.90 Å². The van der Waals surface area contributed by atoms with Crippen LogP contribution in [0.2, 0.25) is 0 Å². The molecule has 1 aliphatic heterocycles. The highest BCUT2D eigenvalue weighted by Gasteiger charge is 2.24. The van der Waals surface area contributed by atoms with Crippen LogP contribution < -0.4 is 5.73 Å². The minimum absolute atomic E-state index is 0.259. The molecule has 2 atom stereocenters. The fraction of sp³-hybridized carbons (Fsp3) is 0.600. The van der Waals surface area contributed by atoms with Crippen molar-refractivity contribution in [3.05, 3.63) is 35.1 Å². The number of halogens is 3. The summed E-state index contributed by atoms with van der Waals surface area (Å²) in [4.78, 5) is 2.15. The Labute approximate surface area is 117 Å². The molecule has 0 amide bonds. The average Bonchev–Trinajstić information content (AvgIpc) is 2.62. The fourth-order valence-corrected chi connectivity index (χ4v) is 2.86. The van der Waals surface area contributed by atoms with Gasteiger partial charge in [-0.05, 0) is 56.0 Å². The van der Waals surface area contributed by atoms with Crippen molar-refractivity contribution >= 4 is 0 Å². The second-order valence-electron chi connectivity index (χ2n) is 5.62. The quantitative estimate of drug-likeness (QED) is 0.864. The van der Waals surface area contributed by atoms with Gasteiger partial charge >= 0.3 is 0 Å². The topological polar surface area (TPSA) is 29.3 Å². The molecular weight excluding hydrogens is 265 g/mol. The molecule has 1 fully saturated rings. The molecule has 0 aliphatic carbocycles. The van der Waals surface area contributed by atoms with Gasteiger partial charge in [-0.25, -0.2) is 13.2 Å². The minimum Gasteiger partial charge on any atom is -0.329 e. The Morgan fingerprint density at radius 2 is 1.85 bits per heavy atom. The van der Waals surface area contributed by atoms with E-state index in [1.165, 1.54) is 0 Å². The molecular formula is C15H21F3N2. The van der Waals surface area contributed by atoms with E-state index in [-0.39, 0.29) is 12.6 Å². The number of rotatable bonds is 3. The predicted molar refractivity (Wildman–Crippen MR) is 72.7 cm³/mol. The lowest BCUT2D eigenvalue weighted by Crippen LogP contribution is -2.34. The molecule has 1 aliphatic rings. The molecule has 0 aromatic heterocycles. The highest BCUT2D eigenvalue weighted by Crippen LogP contribution is 2.27. The Morgan fingerprint density at radius 1 is 1.20 bits per heavy atom. The summed E-state index contributed by atoms with van der Waals surface area (Å²) in [6, 6.07) is 1.86. The summed E-state index contributed by atoms with van der Waals surface area (Å²) in [5, 5.41) is 0. The van der Waals surface area contributed by atoms with Gasteiger partial charge in [0.1, 0.15) is 0 Å². The van der Waals surface area contributed by atoms with E-state index in [1.54, 1.807) is 0 Å². The van der Waals surface area contributed by atoms with Crippen LogP contribution in [0.3, 0.4) is 0 Å². The lowest BCUT2D eigenvalue weighted by atomic mass is 10.0. The minimum atomic E-state index is -1.42. The second-order valence-corrected chi connectivity index (χ2v) is 5.62. The van der Waals surface area contributed by atoms with Crippen LogP contribution in [0.5, 0.6) is 0 Å². The Hall–Kier alpha value is -1.07. The summed E-state index contributed by atoms with van der Waals surface area (Å²) >= 11 is 0. The summed E-state index contributed by atoms with van der Waals surface area (Å²) in [7, 11) is 0. The Kier molecular flexibility index (Phi) is 5.05. The van der Waals surface area contributed by atoms with Gasteiger partial charge in [0.05, 0.1) is 0 Å². The predicted octanol–water partition coefficient (Wildman–Crippen LogP) is 3.23. The summed E-state index contributed by atoms with van der Waals surface area (Å²) in [6.45, 7) is 4.17.